The van der Waals surface area contributed by atoms with Crippen molar-refractivity contribution in [3.63, 3.8) is 0 Å². The van der Waals surface area contributed by atoms with Crippen LogP contribution < -0.4 is 10.1 Å². The van der Waals surface area contributed by atoms with Crippen molar-refractivity contribution in [2.24, 2.45) is 0 Å². The smallest absolute Gasteiger partial charge is 0.335 e. The molecule has 0 atom stereocenters. The molecule has 6 nitrogen and oxygen atoms in total. The topological polar surface area (TPSA) is 99.4 Å². The molecule has 0 heterocycles. The van der Waals surface area contributed by atoms with Crippen LogP contribution in [0.2, 0.25) is 0 Å². The fraction of sp³-hybridized carbons (Fsp3) is 0.0357. The zero-order valence-corrected chi connectivity index (χ0v) is 20.0. The van der Waals surface area contributed by atoms with Crippen LogP contribution in [0.1, 0.15) is 21.5 Å². The van der Waals surface area contributed by atoms with Gasteiger partial charge in [0.15, 0.2) is 0 Å². The predicted molar refractivity (Wildman–Crippen MR) is 138 cm³/mol. The highest BCUT2D eigenvalue weighted by Crippen LogP contribution is 2.28. The van der Waals surface area contributed by atoms with Crippen molar-refractivity contribution in [1.29, 1.82) is 5.26 Å². The average Bonchev–Trinajstić information content (AvgIpc) is 2.86. The summed E-state index contributed by atoms with van der Waals surface area (Å²) in [6.07, 6.45) is 1.44. The number of amides is 1. The number of carboxylic acid groups (broad SMARTS) is 1. The van der Waals surface area contributed by atoms with Gasteiger partial charge < -0.3 is 15.2 Å². The molecule has 0 aliphatic rings. The number of hydrogen-bond acceptors (Lipinski definition) is 4. The van der Waals surface area contributed by atoms with Gasteiger partial charge in [0, 0.05) is 15.7 Å². The summed E-state index contributed by atoms with van der Waals surface area (Å²) >= 11 is 3.43. The van der Waals surface area contributed by atoms with E-state index in [-0.39, 0.29) is 16.8 Å². The third-order valence-electron chi connectivity index (χ3n) is 5.27. The first-order chi connectivity index (χ1) is 16.9. The highest BCUT2D eigenvalue weighted by Gasteiger charge is 2.13. The lowest BCUT2D eigenvalue weighted by Gasteiger charge is -2.12. The van der Waals surface area contributed by atoms with Crippen LogP contribution in [-0.4, -0.2) is 17.0 Å². The number of nitriles is 1. The van der Waals surface area contributed by atoms with Crippen LogP contribution in [0.4, 0.5) is 5.69 Å². The summed E-state index contributed by atoms with van der Waals surface area (Å²) in [6.45, 7) is 0.305. The van der Waals surface area contributed by atoms with E-state index in [1.807, 2.05) is 54.6 Å². The molecule has 0 aliphatic heterocycles. The number of rotatable bonds is 7. The van der Waals surface area contributed by atoms with Gasteiger partial charge in [-0.15, -0.1) is 0 Å². The standard InChI is InChI=1S/C28H19BrN2O4/c29-23-11-12-26(35-17-20-8-3-6-18-5-1-2-10-25(18)20)21(14-23)13-22(16-30)27(32)31-24-9-4-7-19(15-24)28(33)34/h1-15H,17H2,(H,31,32)(H,33,34)/b22-13-. The van der Waals surface area contributed by atoms with E-state index in [2.05, 4.69) is 21.2 Å². The Hall–Kier alpha value is -4.41. The van der Waals surface area contributed by atoms with Crippen LogP contribution >= 0.6 is 15.9 Å². The van der Waals surface area contributed by atoms with Gasteiger partial charge in [-0.25, -0.2) is 4.79 Å². The molecule has 0 spiro atoms. The SMILES string of the molecule is N#C/C(=C/c1cc(Br)ccc1OCc1cccc2ccccc12)C(=O)Nc1cccc(C(=O)O)c1. The maximum absolute atomic E-state index is 12.7. The first-order valence-corrected chi connectivity index (χ1v) is 11.4. The molecule has 0 unspecified atom stereocenters. The summed E-state index contributed by atoms with van der Waals surface area (Å²) in [5.41, 5.74) is 1.71. The van der Waals surface area contributed by atoms with E-state index in [0.29, 0.717) is 17.9 Å². The second-order valence-corrected chi connectivity index (χ2v) is 8.53. The molecule has 0 bridgehead atoms. The molecule has 0 radical (unpaired) electrons. The van der Waals surface area contributed by atoms with Gasteiger partial charge in [-0.1, -0.05) is 64.5 Å². The van der Waals surface area contributed by atoms with E-state index in [0.717, 1.165) is 20.8 Å². The first kappa shape index (κ1) is 23.7. The molecule has 0 aliphatic carbocycles. The molecule has 0 saturated carbocycles. The van der Waals surface area contributed by atoms with Crippen molar-refractivity contribution in [3.05, 3.63) is 112 Å². The van der Waals surface area contributed by atoms with Crippen LogP contribution in [0.25, 0.3) is 16.8 Å². The van der Waals surface area contributed by atoms with Gasteiger partial charge in [-0.2, -0.15) is 5.26 Å². The molecule has 2 N–H and O–H groups in total. The molecule has 0 saturated heterocycles. The second kappa shape index (κ2) is 10.7. The number of hydrogen-bond donors (Lipinski definition) is 2. The lowest BCUT2D eigenvalue weighted by atomic mass is 10.1. The first-order valence-electron chi connectivity index (χ1n) is 10.6. The van der Waals surface area contributed by atoms with Crippen molar-refractivity contribution >= 4 is 50.3 Å². The molecule has 172 valence electrons. The van der Waals surface area contributed by atoms with E-state index in [4.69, 9.17) is 9.84 Å². The number of nitrogens with one attached hydrogen (secondary N) is 1. The van der Waals surface area contributed by atoms with Crippen molar-refractivity contribution in [2.75, 3.05) is 5.32 Å². The maximum atomic E-state index is 12.7. The van der Waals surface area contributed by atoms with Crippen LogP contribution in [0.3, 0.4) is 0 Å². The molecule has 4 aromatic rings. The second-order valence-electron chi connectivity index (χ2n) is 7.62. The minimum Gasteiger partial charge on any atom is -0.488 e. The Kier molecular flexibility index (Phi) is 7.24. The zero-order chi connectivity index (χ0) is 24.8. The van der Waals surface area contributed by atoms with Gasteiger partial charge in [0.05, 0.1) is 5.56 Å². The number of aromatic carboxylic acids is 1. The summed E-state index contributed by atoms with van der Waals surface area (Å²) in [7, 11) is 0. The number of halogens is 1. The molecule has 1 amide bonds. The van der Waals surface area contributed by atoms with E-state index in [1.165, 1.54) is 24.3 Å². The monoisotopic (exact) mass is 526 g/mol. The minimum absolute atomic E-state index is 0.0291. The fourth-order valence-corrected chi connectivity index (χ4v) is 3.95. The average molecular weight is 527 g/mol. The van der Waals surface area contributed by atoms with Crippen molar-refractivity contribution < 1.29 is 19.4 Å². The van der Waals surface area contributed by atoms with E-state index < -0.39 is 11.9 Å². The van der Waals surface area contributed by atoms with Gasteiger partial charge in [0.2, 0.25) is 0 Å². The van der Waals surface area contributed by atoms with Gasteiger partial charge >= 0.3 is 5.97 Å². The molecular weight excluding hydrogens is 508 g/mol. The summed E-state index contributed by atoms with van der Waals surface area (Å²) in [4.78, 5) is 23.9. The van der Waals surface area contributed by atoms with E-state index in [9.17, 15) is 14.9 Å². The normalized spacial score (nSPS) is 11.0. The summed E-state index contributed by atoms with van der Waals surface area (Å²) < 4.78 is 6.86. The third-order valence-corrected chi connectivity index (χ3v) is 5.76. The van der Waals surface area contributed by atoms with Gasteiger partial charge in [-0.3, -0.25) is 4.79 Å². The van der Waals surface area contributed by atoms with E-state index in [1.54, 1.807) is 18.2 Å². The Balaban J connectivity index is 1.59. The molecule has 0 fully saturated rings. The third kappa shape index (κ3) is 5.75. The van der Waals surface area contributed by atoms with Crippen molar-refractivity contribution in [1.82, 2.24) is 0 Å². The molecule has 4 rings (SSSR count). The van der Waals surface area contributed by atoms with Gasteiger partial charge in [0.25, 0.3) is 5.91 Å². The summed E-state index contributed by atoms with van der Waals surface area (Å²) in [5.74, 6) is -1.26. The maximum Gasteiger partial charge on any atom is 0.335 e. The molecule has 4 aromatic carbocycles. The number of ether oxygens (including phenoxy) is 1. The molecule has 35 heavy (non-hydrogen) atoms. The quantitative estimate of drug-likeness (QED) is 0.213. The van der Waals surface area contributed by atoms with Crippen molar-refractivity contribution in [2.45, 2.75) is 6.61 Å². The Morgan fingerprint density at radius 2 is 1.77 bits per heavy atom. The van der Waals surface area contributed by atoms with Gasteiger partial charge in [0.1, 0.15) is 24.0 Å². The predicted octanol–water partition coefficient (Wildman–Crippen LogP) is 6.43. The lowest BCUT2D eigenvalue weighted by Crippen LogP contribution is -2.14. The number of carboxylic acids is 1. The van der Waals surface area contributed by atoms with Crippen molar-refractivity contribution in [3.8, 4) is 11.8 Å². The lowest BCUT2D eigenvalue weighted by molar-refractivity contribution is -0.112. The van der Waals surface area contributed by atoms with Crippen LogP contribution in [-0.2, 0) is 11.4 Å². The molecule has 7 heteroatoms. The molecular formula is C28H19BrN2O4. The van der Waals surface area contributed by atoms with Crippen LogP contribution in [0.5, 0.6) is 5.75 Å². The highest BCUT2D eigenvalue weighted by atomic mass is 79.9. The number of benzene rings is 4. The number of nitrogens with zero attached hydrogens (tertiary/aromatic N) is 1. The Morgan fingerprint density at radius 1 is 1.00 bits per heavy atom. The number of fused-ring (bicyclic) bond motifs is 1. The summed E-state index contributed by atoms with van der Waals surface area (Å²) in [5, 5.41) is 23.6. The summed E-state index contributed by atoms with van der Waals surface area (Å²) in [6, 6.07) is 27.1. The zero-order valence-electron chi connectivity index (χ0n) is 18.4. The van der Waals surface area contributed by atoms with Crippen LogP contribution in [0, 0.1) is 11.3 Å². The largest absolute Gasteiger partial charge is 0.488 e. The van der Waals surface area contributed by atoms with E-state index >= 15 is 0 Å². The fourth-order valence-electron chi connectivity index (χ4n) is 3.57. The van der Waals surface area contributed by atoms with Gasteiger partial charge in [-0.05, 0) is 58.8 Å². The Morgan fingerprint density at radius 3 is 2.57 bits per heavy atom. The minimum atomic E-state index is -1.11. The Labute approximate surface area is 210 Å². The number of carbonyl (C=O) groups excluding carboxylic acids is 1. The Bertz CT molecular complexity index is 1500. The highest BCUT2D eigenvalue weighted by molar-refractivity contribution is 9.10. The molecule has 0 aromatic heterocycles. The number of anilines is 1. The number of carbonyl (C=O) groups is 2. The van der Waals surface area contributed by atoms with Crippen LogP contribution in [0.15, 0.2) is 95.0 Å².